The number of benzene rings is 3. The molecular weight excluding hydrogens is 418 g/mol. The van der Waals surface area contributed by atoms with Crippen LogP contribution in [-0.4, -0.2) is 32.2 Å². The Balaban J connectivity index is 1.70. The summed E-state index contributed by atoms with van der Waals surface area (Å²) in [6.45, 7) is 0. The molecule has 0 unspecified atom stereocenters. The van der Waals surface area contributed by atoms with Gasteiger partial charge in [0.15, 0.2) is 11.5 Å². The fourth-order valence-electron chi connectivity index (χ4n) is 2.74. The van der Waals surface area contributed by atoms with E-state index in [1.54, 1.807) is 73.8 Å². The predicted molar refractivity (Wildman–Crippen MR) is 120 cm³/mol. The summed E-state index contributed by atoms with van der Waals surface area (Å²) in [4.78, 5) is 25.1. The Labute approximate surface area is 184 Å². The second-order valence-corrected chi connectivity index (χ2v) is 6.76. The quantitative estimate of drug-likeness (QED) is 0.424. The first-order valence-corrected chi connectivity index (χ1v) is 9.61. The summed E-state index contributed by atoms with van der Waals surface area (Å²) in [5, 5.41) is 7.26. The molecule has 0 heterocycles. The third-order valence-corrected chi connectivity index (χ3v) is 4.57. The molecule has 3 aromatic rings. The van der Waals surface area contributed by atoms with Crippen molar-refractivity contribution in [3.05, 3.63) is 88.4 Å². The molecule has 2 N–H and O–H groups in total. The van der Waals surface area contributed by atoms with E-state index in [-0.39, 0.29) is 11.5 Å². The summed E-state index contributed by atoms with van der Waals surface area (Å²) < 4.78 is 10.4. The molecule has 0 aliphatic carbocycles. The summed E-state index contributed by atoms with van der Waals surface area (Å²) in [5.41, 5.74) is 4.23. The highest BCUT2D eigenvalue weighted by Gasteiger charge is 2.14. The Kier molecular flexibility index (Phi) is 7.24. The van der Waals surface area contributed by atoms with Crippen molar-refractivity contribution in [3.63, 3.8) is 0 Å². The number of ether oxygens (including phenoxy) is 2. The highest BCUT2D eigenvalue weighted by Crippen LogP contribution is 2.26. The fourth-order valence-corrected chi connectivity index (χ4v) is 2.87. The van der Waals surface area contributed by atoms with Crippen molar-refractivity contribution in [1.29, 1.82) is 0 Å². The van der Waals surface area contributed by atoms with E-state index in [1.165, 1.54) is 13.3 Å². The molecule has 0 aliphatic rings. The van der Waals surface area contributed by atoms with Crippen LogP contribution in [0.3, 0.4) is 0 Å². The summed E-state index contributed by atoms with van der Waals surface area (Å²) in [6.07, 6.45) is 1.48. The van der Waals surface area contributed by atoms with E-state index < -0.39 is 5.91 Å². The van der Waals surface area contributed by atoms with Crippen LogP contribution in [-0.2, 0) is 0 Å². The minimum absolute atomic E-state index is 0.272. The molecule has 158 valence electrons. The van der Waals surface area contributed by atoms with Crippen LogP contribution in [0.2, 0.25) is 5.02 Å². The molecule has 8 heteroatoms. The van der Waals surface area contributed by atoms with Crippen LogP contribution in [0.1, 0.15) is 26.3 Å². The molecular formula is C23H20ClN3O4. The van der Waals surface area contributed by atoms with Gasteiger partial charge in [-0.05, 0) is 60.2 Å². The molecule has 0 saturated carbocycles. The van der Waals surface area contributed by atoms with E-state index in [0.717, 1.165) is 0 Å². The third-order valence-electron chi connectivity index (χ3n) is 4.31. The van der Waals surface area contributed by atoms with Gasteiger partial charge in [-0.25, -0.2) is 5.43 Å². The molecule has 0 bridgehead atoms. The van der Waals surface area contributed by atoms with E-state index in [0.29, 0.717) is 33.3 Å². The molecule has 0 radical (unpaired) electrons. The largest absolute Gasteiger partial charge is 0.493 e. The second-order valence-electron chi connectivity index (χ2n) is 6.32. The smallest absolute Gasteiger partial charge is 0.273 e. The number of carbonyl (C=O) groups is 2. The number of anilines is 1. The lowest BCUT2D eigenvalue weighted by molar-refractivity contribution is 0.0956. The average Bonchev–Trinajstić information content (AvgIpc) is 2.79. The van der Waals surface area contributed by atoms with Gasteiger partial charge in [0.05, 0.1) is 31.7 Å². The number of nitrogens with one attached hydrogen (secondary N) is 2. The lowest BCUT2D eigenvalue weighted by Gasteiger charge is -2.10. The van der Waals surface area contributed by atoms with Gasteiger partial charge in [-0.15, -0.1) is 0 Å². The van der Waals surface area contributed by atoms with Gasteiger partial charge in [-0.3, -0.25) is 9.59 Å². The molecule has 0 saturated heterocycles. The second kappa shape index (κ2) is 10.3. The zero-order valence-corrected chi connectivity index (χ0v) is 17.6. The monoisotopic (exact) mass is 437 g/mol. The Bertz CT molecular complexity index is 1110. The van der Waals surface area contributed by atoms with E-state index >= 15 is 0 Å². The van der Waals surface area contributed by atoms with Gasteiger partial charge in [0, 0.05) is 10.6 Å². The zero-order valence-electron chi connectivity index (χ0n) is 16.9. The van der Waals surface area contributed by atoms with Crippen molar-refractivity contribution in [2.45, 2.75) is 0 Å². The number of carbonyl (C=O) groups excluding carboxylic acids is 2. The lowest BCUT2D eigenvalue weighted by atomic mass is 10.1. The van der Waals surface area contributed by atoms with Gasteiger partial charge < -0.3 is 14.8 Å². The van der Waals surface area contributed by atoms with Gasteiger partial charge in [-0.1, -0.05) is 23.7 Å². The topological polar surface area (TPSA) is 89.0 Å². The van der Waals surface area contributed by atoms with E-state index in [2.05, 4.69) is 15.8 Å². The molecule has 0 fully saturated rings. The Morgan fingerprint density at radius 2 is 1.61 bits per heavy atom. The Hall–Kier alpha value is -3.84. The number of para-hydroxylation sites is 1. The maximum atomic E-state index is 12.6. The first-order chi connectivity index (χ1) is 15.0. The molecule has 7 nitrogen and oxygen atoms in total. The van der Waals surface area contributed by atoms with Crippen molar-refractivity contribution in [2.75, 3.05) is 19.5 Å². The number of nitrogens with zero attached hydrogens (tertiary/aromatic N) is 1. The average molecular weight is 438 g/mol. The predicted octanol–water partition coefficient (Wildman–Crippen LogP) is 4.37. The number of halogens is 1. The van der Waals surface area contributed by atoms with E-state index in [4.69, 9.17) is 21.1 Å². The lowest BCUT2D eigenvalue weighted by Crippen LogP contribution is -2.21. The first kappa shape index (κ1) is 21.9. The van der Waals surface area contributed by atoms with Gasteiger partial charge in [-0.2, -0.15) is 5.10 Å². The van der Waals surface area contributed by atoms with Crippen LogP contribution < -0.4 is 20.2 Å². The highest BCUT2D eigenvalue weighted by molar-refractivity contribution is 6.30. The summed E-state index contributed by atoms with van der Waals surface area (Å²) in [7, 11) is 3.09. The van der Waals surface area contributed by atoms with Crippen molar-refractivity contribution >= 4 is 35.3 Å². The fraction of sp³-hybridized carbons (Fsp3) is 0.0870. The van der Waals surface area contributed by atoms with Crippen LogP contribution >= 0.6 is 11.6 Å². The normalized spacial score (nSPS) is 10.5. The van der Waals surface area contributed by atoms with Gasteiger partial charge in [0.25, 0.3) is 11.8 Å². The first-order valence-electron chi connectivity index (χ1n) is 9.23. The SMILES string of the molecule is COc1ccc(/C=N/NC(=O)c2ccccc2NC(=O)c2ccc(Cl)cc2)cc1OC. The summed E-state index contributed by atoms with van der Waals surface area (Å²) in [6, 6.07) is 18.4. The van der Waals surface area contributed by atoms with Crippen LogP contribution in [0, 0.1) is 0 Å². The van der Waals surface area contributed by atoms with Crippen molar-refractivity contribution in [3.8, 4) is 11.5 Å². The number of amides is 2. The Morgan fingerprint density at radius 3 is 2.32 bits per heavy atom. The molecule has 3 rings (SSSR count). The van der Waals surface area contributed by atoms with Gasteiger partial charge in [0.2, 0.25) is 0 Å². The van der Waals surface area contributed by atoms with E-state index in [1.807, 2.05) is 0 Å². The molecule has 2 amide bonds. The maximum absolute atomic E-state index is 12.6. The van der Waals surface area contributed by atoms with Crippen LogP contribution in [0.5, 0.6) is 11.5 Å². The zero-order chi connectivity index (χ0) is 22.2. The standard InChI is InChI=1S/C23H20ClN3O4/c1-30-20-12-7-15(13-21(20)31-2)14-25-27-23(29)18-5-3-4-6-19(18)26-22(28)16-8-10-17(24)11-9-16/h3-14H,1-2H3,(H,26,28)(H,27,29)/b25-14+. The van der Waals surface area contributed by atoms with Crippen molar-refractivity contribution in [1.82, 2.24) is 5.43 Å². The van der Waals surface area contributed by atoms with E-state index in [9.17, 15) is 9.59 Å². The molecule has 0 atom stereocenters. The third kappa shape index (κ3) is 5.61. The number of rotatable bonds is 7. The summed E-state index contributed by atoms with van der Waals surface area (Å²) in [5.74, 6) is 0.316. The van der Waals surface area contributed by atoms with Gasteiger partial charge in [0.1, 0.15) is 0 Å². The number of hydrogen-bond acceptors (Lipinski definition) is 5. The molecule has 31 heavy (non-hydrogen) atoms. The number of hydrazone groups is 1. The minimum Gasteiger partial charge on any atom is -0.493 e. The molecule has 0 aromatic heterocycles. The van der Waals surface area contributed by atoms with Crippen molar-refractivity contribution < 1.29 is 19.1 Å². The van der Waals surface area contributed by atoms with Crippen LogP contribution in [0.4, 0.5) is 5.69 Å². The van der Waals surface area contributed by atoms with Gasteiger partial charge >= 0.3 is 0 Å². The number of methoxy groups -OCH3 is 2. The van der Waals surface area contributed by atoms with Crippen LogP contribution in [0.15, 0.2) is 71.8 Å². The minimum atomic E-state index is -0.469. The molecule has 0 aliphatic heterocycles. The highest BCUT2D eigenvalue weighted by atomic mass is 35.5. The molecule has 3 aromatic carbocycles. The van der Waals surface area contributed by atoms with Crippen LogP contribution in [0.25, 0.3) is 0 Å². The molecule has 0 spiro atoms. The number of hydrogen-bond donors (Lipinski definition) is 2. The van der Waals surface area contributed by atoms with Crippen molar-refractivity contribution in [2.24, 2.45) is 5.10 Å². The summed E-state index contributed by atoms with van der Waals surface area (Å²) >= 11 is 5.86. The maximum Gasteiger partial charge on any atom is 0.273 e. The Morgan fingerprint density at radius 1 is 0.903 bits per heavy atom.